The van der Waals surface area contributed by atoms with Gasteiger partial charge in [0, 0.05) is 10.7 Å². The molecule has 0 fully saturated rings. The van der Waals surface area contributed by atoms with E-state index in [0.29, 0.717) is 5.69 Å². The second-order valence-electron chi connectivity index (χ2n) is 4.84. The largest absolute Gasteiger partial charge is 0.349 e. The molecule has 1 amide bonds. The van der Waals surface area contributed by atoms with Crippen molar-refractivity contribution in [3.05, 3.63) is 58.8 Å². The van der Waals surface area contributed by atoms with Crippen LogP contribution in [0.3, 0.4) is 0 Å². The Balaban J connectivity index is 1.96. The van der Waals surface area contributed by atoms with E-state index in [1.165, 1.54) is 19.1 Å². The molecule has 2 aromatic rings. The van der Waals surface area contributed by atoms with E-state index in [0.717, 1.165) is 4.47 Å². The van der Waals surface area contributed by atoms with Crippen molar-refractivity contribution < 1.29 is 13.2 Å². The highest BCUT2D eigenvalue weighted by atomic mass is 79.9. The Kier molecular flexibility index (Phi) is 5.86. The second-order valence-corrected chi connectivity index (χ2v) is 7.47. The lowest BCUT2D eigenvalue weighted by molar-refractivity contribution is -0.122. The molecule has 23 heavy (non-hydrogen) atoms. The number of halogens is 1. The average molecular weight is 398 g/mol. The number of pyridine rings is 1. The molecule has 0 aliphatic carbocycles. The minimum atomic E-state index is -3.75. The van der Waals surface area contributed by atoms with Crippen LogP contribution in [0, 0.1) is 0 Å². The van der Waals surface area contributed by atoms with Crippen molar-refractivity contribution in [2.24, 2.45) is 0 Å². The first-order chi connectivity index (χ1) is 10.9. The van der Waals surface area contributed by atoms with E-state index < -0.39 is 22.0 Å². The van der Waals surface area contributed by atoms with Crippen molar-refractivity contribution in [1.82, 2.24) is 15.0 Å². The van der Waals surface area contributed by atoms with Crippen molar-refractivity contribution in [1.29, 1.82) is 0 Å². The van der Waals surface area contributed by atoms with Gasteiger partial charge in [0.05, 0.1) is 23.2 Å². The molecule has 2 N–H and O–H groups in total. The van der Waals surface area contributed by atoms with Crippen molar-refractivity contribution in [2.75, 3.05) is 0 Å². The monoisotopic (exact) mass is 397 g/mol. The number of aromatic nitrogens is 1. The Bertz CT molecular complexity index is 764. The summed E-state index contributed by atoms with van der Waals surface area (Å²) in [7, 11) is -3.75. The molecule has 122 valence electrons. The summed E-state index contributed by atoms with van der Waals surface area (Å²) in [4.78, 5) is 16.2. The number of rotatable bonds is 6. The van der Waals surface area contributed by atoms with Gasteiger partial charge in [-0.2, -0.15) is 4.72 Å². The highest BCUT2D eigenvalue weighted by molar-refractivity contribution is 9.10. The molecule has 1 aromatic heterocycles. The molecule has 1 aromatic carbocycles. The first kappa shape index (κ1) is 17.6. The van der Waals surface area contributed by atoms with Crippen LogP contribution in [0.15, 0.2) is 58.0 Å². The van der Waals surface area contributed by atoms with Gasteiger partial charge in [-0.05, 0) is 43.3 Å². The van der Waals surface area contributed by atoms with Gasteiger partial charge < -0.3 is 5.32 Å². The number of carbonyl (C=O) groups excluding carboxylic acids is 1. The second kappa shape index (κ2) is 7.67. The van der Waals surface area contributed by atoms with Gasteiger partial charge in [0.2, 0.25) is 15.9 Å². The molecule has 0 aliphatic heterocycles. The van der Waals surface area contributed by atoms with Crippen LogP contribution in [0.5, 0.6) is 0 Å². The number of hydrogen-bond acceptors (Lipinski definition) is 4. The first-order valence-electron chi connectivity index (χ1n) is 6.84. The Labute approximate surface area is 143 Å². The molecule has 0 spiro atoms. The Hall–Kier alpha value is -1.77. The summed E-state index contributed by atoms with van der Waals surface area (Å²) in [5.74, 6) is -0.420. The zero-order valence-corrected chi connectivity index (χ0v) is 14.8. The zero-order chi connectivity index (χ0) is 16.9. The van der Waals surface area contributed by atoms with Gasteiger partial charge >= 0.3 is 0 Å². The van der Waals surface area contributed by atoms with E-state index in [1.54, 1.807) is 30.5 Å². The van der Waals surface area contributed by atoms with Crippen LogP contribution in [-0.2, 0) is 21.4 Å². The molecule has 1 unspecified atom stereocenters. The van der Waals surface area contributed by atoms with Gasteiger partial charge in [-0.3, -0.25) is 9.78 Å². The molecule has 0 aliphatic rings. The molecule has 6 nitrogen and oxygen atoms in total. The Morgan fingerprint density at radius 1 is 1.22 bits per heavy atom. The Morgan fingerprint density at radius 3 is 2.52 bits per heavy atom. The summed E-state index contributed by atoms with van der Waals surface area (Å²) in [6, 6.07) is 10.6. The topological polar surface area (TPSA) is 88.2 Å². The van der Waals surface area contributed by atoms with Gasteiger partial charge in [0.15, 0.2) is 0 Å². The van der Waals surface area contributed by atoms with Gasteiger partial charge in [0.1, 0.15) is 0 Å². The maximum atomic E-state index is 12.2. The van der Waals surface area contributed by atoms with E-state index in [4.69, 9.17) is 0 Å². The van der Waals surface area contributed by atoms with Crippen LogP contribution in [-0.4, -0.2) is 25.4 Å². The third-order valence-electron chi connectivity index (χ3n) is 3.02. The maximum Gasteiger partial charge on any atom is 0.241 e. The van der Waals surface area contributed by atoms with E-state index in [9.17, 15) is 13.2 Å². The van der Waals surface area contributed by atoms with Crippen LogP contribution in [0.2, 0.25) is 0 Å². The fourth-order valence-electron chi connectivity index (χ4n) is 1.80. The predicted molar refractivity (Wildman–Crippen MR) is 90.0 cm³/mol. The van der Waals surface area contributed by atoms with Crippen molar-refractivity contribution in [3.8, 4) is 0 Å². The fourth-order valence-corrected chi connectivity index (χ4v) is 3.27. The summed E-state index contributed by atoms with van der Waals surface area (Å²) in [5.41, 5.74) is 0.698. The molecule has 2 rings (SSSR count). The summed E-state index contributed by atoms with van der Waals surface area (Å²) in [5, 5.41) is 2.65. The first-order valence-corrected chi connectivity index (χ1v) is 9.11. The number of nitrogens with one attached hydrogen (secondary N) is 2. The van der Waals surface area contributed by atoms with E-state index in [1.807, 2.05) is 6.07 Å². The highest BCUT2D eigenvalue weighted by Gasteiger charge is 2.21. The van der Waals surface area contributed by atoms with Crippen LogP contribution >= 0.6 is 15.9 Å². The van der Waals surface area contributed by atoms with Crippen LogP contribution in [0.4, 0.5) is 0 Å². The SMILES string of the molecule is CC(NS(=O)(=O)c1ccc(Br)cc1)C(=O)NCc1ccccn1. The third kappa shape index (κ3) is 5.12. The van der Waals surface area contributed by atoms with Crippen LogP contribution in [0.1, 0.15) is 12.6 Å². The van der Waals surface area contributed by atoms with E-state index in [-0.39, 0.29) is 11.4 Å². The summed E-state index contributed by atoms with van der Waals surface area (Å²) in [6.07, 6.45) is 1.63. The average Bonchev–Trinajstić information content (AvgIpc) is 2.53. The molecule has 0 bridgehead atoms. The number of benzene rings is 1. The normalized spacial score (nSPS) is 12.6. The number of nitrogens with zero attached hydrogens (tertiary/aromatic N) is 1. The highest BCUT2D eigenvalue weighted by Crippen LogP contribution is 2.14. The molecular formula is C15H16BrN3O3S. The van der Waals surface area contributed by atoms with Crippen molar-refractivity contribution in [3.63, 3.8) is 0 Å². The fraction of sp³-hybridized carbons (Fsp3) is 0.200. The Morgan fingerprint density at radius 2 is 1.91 bits per heavy atom. The number of amides is 1. The summed E-state index contributed by atoms with van der Waals surface area (Å²) in [6.45, 7) is 1.73. The smallest absolute Gasteiger partial charge is 0.241 e. The standard InChI is InChI=1S/C15H16BrN3O3S/c1-11(15(20)18-10-13-4-2-3-9-17-13)19-23(21,22)14-7-5-12(16)6-8-14/h2-9,11,19H,10H2,1H3,(H,18,20). The summed E-state index contributed by atoms with van der Waals surface area (Å²) < 4.78 is 27.6. The van der Waals surface area contributed by atoms with E-state index in [2.05, 4.69) is 31.0 Å². The number of hydrogen-bond donors (Lipinski definition) is 2. The molecule has 1 heterocycles. The lowest BCUT2D eigenvalue weighted by atomic mass is 10.3. The lowest BCUT2D eigenvalue weighted by Crippen LogP contribution is -2.44. The van der Waals surface area contributed by atoms with E-state index >= 15 is 0 Å². The third-order valence-corrected chi connectivity index (χ3v) is 5.10. The van der Waals surface area contributed by atoms with Crippen molar-refractivity contribution in [2.45, 2.75) is 24.4 Å². The van der Waals surface area contributed by atoms with Gasteiger partial charge in [-0.15, -0.1) is 0 Å². The van der Waals surface area contributed by atoms with Gasteiger partial charge in [0.25, 0.3) is 0 Å². The molecular weight excluding hydrogens is 382 g/mol. The maximum absolute atomic E-state index is 12.2. The van der Waals surface area contributed by atoms with Crippen LogP contribution < -0.4 is 10.0 Å². The molecule has 0 saturated heterocycles. The predicted octanol–water partition coefficient (Wildman–Crippen LogP) is 1.83. The van der Waals surface area contributed by atoms with Gasteiger partial charge in [-0.25, -0.2) is 8.42 Å². The van der Waals surface area contributed by atoms with Gasteiger partial charge in [-0.1, -0.05) is 22.0 Å². The van der Waals surface area contributed by atoms with Crippen LogP contribution in [0.25, 0.3) is 0 Å². The minimum absolute atomic E-state index is 0.102. The lowest BCUT2D eigenvalue weighted by Gasteiger charge is -2.14. The molecule has 0 radical (unpaired) electrons. The minimum Gasteiger partial charge on any atom is -0.349 e. The zero-order valence-electron chi connectivity index (χ0n) is 12.4. The quantitative estimate of drug-likeness (QED) is 0.777. The summed E-state index contributed by atoms with van der Waals surface area (Å²) >= 11 is 3.24. The molecule has 8 heteroatoms. The molecule has 0 saturated carbocycles. The van der Waals surface area contributed by atoms with Crippen molar-refractivity contribution >= 4 is 31.9 Å². The molecule has 1 atom stereocenters. The number of carbonyl (C=O) groups is 1. The number of sulfonamides is 1.